The van der Waals surface area contributed by atoms with E-state index in [0.29, 0.717) is 23.5 Å². The molecular weight excluding hydrogens is 312 g/mol. The molecule has 142 valence electrons. The lowest BCUT2D eigenvalue weighted by atomic mass is 9.62. The van der Waals surface area contributed by atoms with Crippen molar-refractivity contribution >= 4 is 5.78 Å². The van der Waals surface area contributed by atoms with Crippen LogP contribution in [-0.2, 0) is 14.3 Å². The third-order valence-electron chi connectivity index (χ3n) is 7.97. The van der Waals surface area contributed by atoms with Crippen LogP contribution in [0.3, 0.4) is 0 Å². The maximum absolute atomic E-state index is 12.4. The van der Waals surface area contributed by atoms with Gasteiger partial charge in [-0.15, -0.1) is 0 Å². The highest BCUT2D eigenvalue weighted by Crippen LogP contribution is 2.57. The topological polar surface area (TPSA) is 35.5 Å². The number of fused-ring (bicyclic) bond motifs is 1. The van der Waals surface area contributed by atoms with Crippen LogP contribution in [0, 0.1) is 28.6 Å². The molecule has 0 aromatic heterocycles. The molecule has 0 bridgehead atoms. The number of carbonyl (C=O) groups excluding carboxylic acids is 1. The van der Waals surface area contributed by atoms with Crippen molar-refractivity contribution in [2.45, 2.75) is 77.9 Å². The second kappa shape index (κ2) is 7.15. The maximum Gasteiger partial charge on any atom is 0.136 e. The predicted octanol–water partition coefficient (Wildman–Crippen LogP) is 4.79. The minimum Gasteiger partial charge on any atom is -0.381 e. The molecule has 3 heteroatoms. The van der Waals surface area contributed by atoms with Crippen molar-refractivity contribution in [3.63, 3.8) is 0 Å². The van der Waals surface area contributed by atoms with Crippen LogP contribution >= 0.6 is 0 Å². The summed E-state index contributed by atoms with van der Waals surface area (Å²) in [5.41, 5.74) is 0.362. The number of carbonyl (C=O) groups is 1. The molecule has 0 saturated heterocycles. The Morgan fingerprint density at radius 3 is 2.40 bits per heavy atom. The van der Waals surface area contributed by atoms with Gasteiger partial charge >= 0.3 is 0 Å². The third kappa shape index (κ3) is 3.23. The van der Waals surface area contributed by atoms with Crippen LogP contribution in [0.25, 0.3) is 0 Å². The van der Waals surface area contributed by atoms with Crippen molar-refractivity contribution in [2.24, 2.45) is 28.6 Å². The molecule has 3 saturated carbocycles. The van der Waals surface area contributed by atoms with E-state index in [1.54, 1.807) is 7.11 Å². The summed E-state index contributed by atoms with van der Waals surface area (Å²) in [7, 11) is 3.61. The largest absolute Gasteiger partial charge is 0.381 e. The smallest absolute Gasteiger partial charge is 0.136 e. The van der Waals surface area contributed by atoms with Crippen LogP contribution in [0.2, 0.25) is 0 Å². The molecule has 0 heterocycles. The lowest BCUT2D eigenvalue weighted by molar-refractivity contribution is -0.129. The summed E-state index contributed by atoms with van der Waals surface area (Å²) < 4.78 is 11.5. The van der Waals surface area contributed by atoms with Gasteiger partial charge in [0.2, 0.25) is 0 Å². The second-order valence-corrected chi connectivity index (χ2v) is 9.07. The summed E-state index contributed by atoms with van der Waals surface area (Å²) >= 11 is 0. The zero-order valence-electron chi connectivity index (χ0n) is 16.7. The van der Waals surface area contributed by atoms with Crippen molar-refractivity contribution in [3.05, 3.63) is 12.2 Å². The fourth-order valence-electron chi connectivity index (χ4n) is 6.05. The molecule has 25 heavy (non-hydrogen) atoms. The standard InChI is InChI=1S/C22H36O3/c1-15(8-11-20(25-5)22(13-14-22)16(2)24-4)17-9-10-18-19(23)7-6-12-21(17,18)3/h8,11,15-18,20H,6-7,9-10,12-14H2,1-5H3/b11-8+/t15-,16?,17?,18?,20?,21-/m1/s1. The quantitative estimate of drug-likeness (QED) is 0.620. The van der Waals surface area contributed by atoms with E-state index >= 15 is 0 Å². The highest BCUT2D eigenvalue weighted by molar-refractivity contribution is 5.83. The highest BCUT2D eigenvalue weighted by atomic mass is 16.5. The first kappa shape index (κ1) is 19.1. The minimum atomic E-state index is 0.128. The van der Waals surface area contributed by atoms with E-state index < -0.39 is 0 Å². The summed E-state index contributed by atoms with van der Waals surface area (Å²) in [4.78, 5) is 12.4. The Kier molecular flexibility index (Phi) is 5.46. The zero-order chi connectivity index (χ0) is 18.2. The van der Waals surface area contributed by atoms with Gasteiger partial charge in [0.15, 0.2) is 0 Å². The lowest BCUT2D eigenvalue weighted by Crippen LogP contribution is -2.39. The molecule has 0 spiro atoms. The van der Waals surface area contributed by atoms with Gasteiger partial charge in [-0.05, 0) is 62.7 Å². The Balaban J connectivity index is 1.70. The number of hydrogen-bond donors (Lipinski definition) is 0. The van der Waals surface area contributed by atoms with E-state index in [0.717, 1.165) is 19.3 Å². The number of Topliss-reactive ketones (excluding diaryl/α,β-unsaturated/α-hetero) is 1. The Labute approximate surface area is 153 Å². The van der Waals surface area contributed by atoms with Gasteiger partial charge in [0.05, 0.1) is 12.2 Å². The first-order valence-corrected chi connectivity index (χ1v) is 10.2. The molecule has 6 atom stereocenters. The molecule has 3 aliphatic carbocycles. The molecule has 3 aliphatic rings. The van der Waals surface area contributed by atoms with Crippen molar-refractivity contribution in [2.75, 3.05) is 14.2 Å². The second-order valence-electron chi connectivity index (χ2n) is 9.07. The van der Waals surface area contributed by atoms with E-state index in [4.69, 9.17) is 9.47 Å². The van der Waals surface area contributed by atoms with Crippen LogP contribution in [0.15, 0.2) is 12.2 Å². The molecule has 0 amide bonds. The van der Waals surface area contributed by atoms with Crippen molar-refractivity contribution in [1.29, 1.82) is 0 Å². The molecule has 0 N–H and O–H groups in total. The first-order chi connectivity index (χ1) is 11.9. The van der Waals surface area contributed by atoms with Crippen LogP contribution in [0.4, 0.5) is 0 Å². The SMILES string of the molecule is COC(C)C1(C(/C=C/[C@@H](C)C2CCC3C(=O)CCC[C@@]32C)OC)CC1. The van der Waals surface area contributed by atoms with Gasteiger partial charge in [0, 0.05) is 32.0 Å². The molecule has 0 aromatic carbocycles. The molecule has 3 nitrogen and oxygen atoms in total. The van der Waals surface area contributed by atoms with Crippen molar-refractivity contribution < 1.29 is 14.3 Å². The summed E-state index contributed by atoms with van der Waals surface area (Å²) in [6.45, 7) is 6.87. The Hall–Kier alpha value is -0.670. The van der Waals surface area contributed by atoms with Crippen LogP contribution in [-0.4, -0.2) is 32.2 Å². The minimum absolute atomic E-state index is 0.128. The fraction of sp³-hybridized carbons (Fsp3) is 0.864. The Morgan fingerprint density at radius 2 is 1.80 bits per heavy atom. The third-order valence-corrected chi connectivity index (χ3v) is 7.97. The molecular formula is C22H36O3. The van der Waals surface area contributed by atoms with Crippen molar-refractivity contribution in [1.82, 2.24) is 0 Å². The molecule has 0 aliphatic heterocycles. The summed E-state index contributed by atoms with van der Waals surface area (Å²) in [6.07, 6.45) is 12.7. The molecule has 0 radical (unpaired) electrons. The van der Waals surface area contributed by atoms with Gasteiger partial charge in [-0.3, -0.25) is 4.79 Å². The van der Waals surface area contributed by atoms with E-state index in [-0.39, 0.29) is 23.0 Å². The first-order valence-electron chi connectivity index (χ1n) is 10.2. The van der Waals surface area contributed by atoms with Gasteiger partial charge in [-0.1, -0.05) is 26.0 Å². The van der Waals surface area contributed by atoms with Gasteiger partial charge in [0.1, 0.15) is 5.78 Å². The Bertz CT molecular complexity index is 521. The monoisotopic (exact) mass is 348 g/mol. The fourth-order valence-corrected chi connectivity index (χ4v) is 6.05. The number of ether oxygens (including phenoxy) is 2. The van der Waals surface area contributed by atoms with E-state index in [2.05, 4.69) is 32.9 Å². The summed E-state index contributed by atoms with van der Waals surface area (Å²) in [5.74, 6) is 1.94. The molecule has 4 unspecified atom stereocenters. The number of rotatable bonds is 7. The van der Waals surface area contributed by atoms with Gasteiger partial charge in [-0.25, -0.2) is 0 Å². The predicted molar refractivity (Wildman–Crippen MR) is 100 cm³/mol. The van der Waals surface area contributed by atoms with Crippen LogP contribution in [0.1, 0.15) is 65.7 Å². The summed E-state index contributed by atoms with van der Waals surface area (Å²) in [5, 5.41) is 0. The molecule has 0 aromatic rings. The van der Waals surface area contributed by atoms with Crippen LogP contribution in [0.5, 0.6) is 0 Å². The number of allylic oxidation sites excluding steroid dienone is 1. The average Bonchev–Trinajstić information content (AvgIpc) is 3.31. The number of ketones is 1. The number of hydrogen-bond acceptors (Lipinski definition) is 3. The van der Waals surface area contributed by atoms with Crippen LogP contribution < -0.4 is 0 Å². The van der Waals surface area contributed by atoms with E-state index in [9.17, 15) is 4.79 Å². The highest BCUT2D eigenvalue weighted by Gasteiger charge is 2.54. The average molecular weight is 349 g/mol. The van der Waals surface area contributed by atoms with E-state index in [1.807, 2.05) is 7.11 Å². The van der Waals surface area contributed by atoms with Gasteiger partial charge in [-0.2, -0.15) is 0 Å². The number of methoxy groups -OCH3 is 2. The zero-order valence-corrected chi connectivity index (χ0v) is 16.7. The Morgan fingerprint density at radius 1 is 1.08 bits per heavy atom. The summed E-state index contributed by atoms with van der Waals surface area (Å²) in [6, 6.07) is 0. The normalized spacial score (nSPS) is 37.7. The van der Waals surface area contributed by atoms with Gasteiger partial charge in [0.25, 0.3) is 0 Å². The van der Waals surface area contributed by atoms with Gasteiger partial charge < -0.3 is 9.47 Å². The molecule has 3 rings (SSSR count). The van der Waals surface area contributed by atoms with E-state index in [1.165, 1.54) is 25.7 Å². The van der Waals surface area contributed by atoms with Crippen molar-refractivity contribution in [3.8, 4) is 0 Å². The maximum atomic E-state index is 12.4. The molecule has 3 fully saturated rings. The lowest BCUT2D eigenvalue weighted by Gasteiger charge is -2.41.